The van der Waals surface area contributed by atoms with E-state index in [4.69, 9.17) is 0 Å². The van der Waals surface area contributed by atoms with Crippen molar-refractivity contribution < 1.29 is 4.79 Å². The van der Waals surface area contributed by atoms with Gasteiger partial charge in [-0.1, -0.05) is 26.2 Å². The summed E-state index contributed by atoms with van der Waals surface area (Å²) in [6.07, 6.45) is 6.49. The number of ketones is 1. The van der Waals surface area contributed by atoms with E-state index >= 15 is 0 Å². The van der Waals surface area contributed by atoms with E-state index in [9.17, 15) is 4.79 Å². The molecule has 2 rings (SSSR count). The van der Waals surface area contributed by atoms with Gasteiger partial charge in [0.05, 0.1) is 0 Å². The third kappa shape index (κ3) is 2.57. The highest BCUT2D eigenvalue weighted by Gasteiger charge is 2.34. The lowest BCUT2D eigenvalue weighted by Crippen LogP contribution is -2.31. The molecule has 0 spiro atoms. The predicted octanol–water partition coefficient (Wildman–Crippen LogP) is 4.59. The molecule has 1 saturated carbocycles. The molecule has 1 nitrogen and oxygen atoms in total. The normalized spacial score (nSPS) is 19.6. The first-order valence-corrected chi connectivity index (χ1v) is 7.54. The van der Waals surface area contributed by atoms with Crippen LogP contribution in [0.1, 0.15) is 43.9 Å². The molecule has 0 aromatic carbocycles. The molecule has 1 aromatic rings. The van der Waals surface area contributed by atoms with Gasteiger partial charge in [0, 0.05) is 21.2 Å². The number of thiophene rings is 1. The van der Waals surface area contributed by atoms with Crippen molar-refractivity contribution in [3.05, 3.63) is 20.8 Å². The molecule has 1 heterocycles. The van der Waals surface area contributed by atoms with Crippen LogP contribution in [0.4, 0.5) is 0 Å². The third-order valence-corrected chi connectivity index (χ3v) is 5.57. The van der Waals surface area contributed by atoms with E-state index < -0.39 is 0 Å². The van der Waals surface area contributed by atoms with Crippen LogP contribution in [-0.2, 0) is 11.2 Å². The molecule has 1 fully saturated rings. The van der Waals surface area contributed by atoms with Crippen molar-refractivity contribution in [3.8, 4) is 0 Å². The minimum Gasteiger partial charge on any atom is -0.299 e. The Kier molecular flexibility index (Phi) is 3.85. The van der Waals surface area contributed by atoms with Crippen LogP contribution < -0.4 is 0 Å². The highest BCUT2D eigenvalue weighted by Crippen LogP contribution is 2.38. The van der Waals surface area contributed by atoms with Crippen molar-refractivity contribution in [1.29, 1.82) is 0 Å². The second kappa shape index (κ2) is 5.01. The maximum Gasteiger partial charge on any atom is 0.143 e. The lowest BCUT2D eigenvalue weighted by molar-refractivity contribution is -0.128. The molecule has 16 heavy (non-hydrogen) atoms. The fourth-order valence-corrected chi connectivity index (χ4v) is 3.91. The molecule has 0 bridgehead atoms. The minimum absolute atomic E-state index is 0.0539. The van der Waals surface area contributed by atoms with Crippen molar-refractivity contribution in [2.45, 2.75) is 45.4 Å². The average Bonchev–Trinajstić information content (AvgIpc) is 2.65. The molecular formula is C13H17BrOS. The van der Waals surface area contributed by atoms with Gasteiger partial charge in [0.2, 0.25) is 0 Å². The van der Waals surface area contributed by atoms with E-state index in [0.717, 1.165) is 17.3 Å². The summed E-state index contributed by atoms with van der Waals surface area (Å²) >= 11 is 5.17. The zero-order valence-corrected chi connectivity index (χ0v) is 12.0. The van der Waals surface area contributed by atoms with E-state index in [1.165, 1.54) is 24.1 Å². The van der Waals surface area contributed by atoms with Gasteiger partial charge < -0.3 is 0 Å². The fraction of sp³-hybridized carbons (Fsp3) is 0.615. The SMILES string of the molecule is CC1(C(=O)Cc2sccc2Br)CCCCC1. The zero-order valence-electron chi connectivity index (χ0n) is 9.59. The number of carbonyl (C=O) groups is 1. The van der Waals surface area contributed by atoms with Gasteiger partial charge in [-0.3, -0.25) is 4.79 Å². The number of carbonyl (C=O) groups excluding carboxylic acids is 1. The van der Waals surface area contributed by atoms with Gasteiger partial charge in [0.15, 0.2) is 0 Å². The Labute approximate surface area is 109 Å². The van der Waals surface area contributed by atoms with Gasteiger partial charge in [0.1, 0.15) is 5.78 Å². The first kappa shape index (κ1) is 12.3. The lowest BCUT2D eigenvalue weighted by Gasteiger charge is -2.31. The quantitative estimate of drug-likeness (QED) is 0.798. The summed E-state index contributed by atoms with van der Waals surface area (Å²) in [5, 5.41) is 2.04. The Morgan fingerprint density at radius 2 is 2.12 bits per heavy atom. The molecule has 0 N–H and O–H groups in total. The van der Waals surface area contributed by atoms with Crippen LogP contribution in [0.25, 0.3) is 0 Å². The molecule has 0 saturated heterocycles. The maximum absolute atomic E-state index is 12.3. The molecular weight excluding hydrogens is 284 g/mol. The Hall–Kier alpha value is -0.150. The van der Waals surface area contributed by atoms with Crippen LogP contribution in [-0.4, -0.2) is 5.78 Å². The molecule has 3 heteroatoms. The third-order valence-electron chi connectivity index (χ3n) is 3.64. The molecule has 0 unspecified atom stereocenters. The summed E-state index contributed by atoms with van der Waals surface area (Å²) in [7, 11) is 0. The highest BCUT2D eigenvalue weighted by atomic mass is 79.9. The van der Waals surface area contributed by atoms with Crippen LogP contribution in [0, 0.1) is 5.41 Å². The van der Waals surface area contributed by atoms with E-state index in [-0.39, 0.29) is 5.41 Å². The van der Waals surface area contributed by atoms with Crippen LogP contribution in [0.15, 0.2) is 15.9 Å². The molecule has 0 atom stereocenters. The summed E-state index contributed by atoms with van der Waals surface area (Å²) in [6.45, 7) is 2.15. The second-order valence-corrected chi connectivity index (χ2v) is 6.77. The molecule has 1 aromatic heterocycles. The summed E-state index contributed by atoms with van der Waals surface area (Å²) in [5.41, 5.74) is -0.0539. The molecule has 1 aliphatic rings. The monoisotopic (exact) mass is 300 g/mol. The van der Waals surface area contributed by atoms with Gasteiger partial charge in [-0.15, -0.1) is 11.3 Å². The largest absolute Gasteiger partial charge is 0.299 e. The topological polar surface area (TPSA) is 17.1 Å². The Bertz CT molecular complexity index is 377. The van der Waals surface area contributed by atoms with Gasteiger partial charge in [0.25, 0.3) is 0 Å². The Balaban J connectivity index is 2.05. The summed E-state index contributed by atoms with van der Waals surface area (Å²) < 4.78 is 1.09. The summed E-state index contributed by atoms with van der Waals surface area (Å²) in [5.74, 6) is 0.426. The fourth-order valence-electron chi connectivity index (χ4n) is 2.42. The molecule has 1 aliphatic carbocycles. The minimum atomic E-state index is -0.0539. The lowest BCUT2D eigenvalue weighted by atomic mass is 9.72. The van der Waals surface area contributed by atoms with Crippen LogP contribution >= 0.6 is 27.3 Å². The van der Waals surface area contributed by atoms with Gasteiger partial charge >= 0.3 is 0 Å². The first-order valence-electron chi connectivity index (χ1n) is 5.87. The smallest absolute Gasteiger partial charge is 0.143 e. The summed E-state index contributed by atoms with van der Waals surface area (Å²) in [6, 6.07) is 2.02. The molecule has 0 amide bonds. The Morgan fingerprint density at radius 3 is 2.69 bits per heavy atom. The van der Waals surface area contributed by atoms with Gasteiger partial charge in [-0.05, 0) is 40.2 Å². The number of halogens is 1. The van der Waals surface area contributed by atoms with Crippen molar-refractivity contribution in [1.82, 2.24) is 0 Å². The first-order chi connectivity index (χ1) is 7.62. The van der Waals surface area contributed by atoms with Crippen LogP contribution in [0.3, 0.4) is 0 Å². The zero-order chi connectivity index (χ0) is 11.6. The number of hydrogen-bond donors (Lipinski definition) is 0. The number of Topliss-reactive ketones (excluding diaryl/α,β-unsaturated/α-hetero) is 1. The van der Waals surface area contributed by atoms with Crippen molar-refractivity contribution >= 4 is 33.0 Å². The Morgan fingerprint density at radius 1 is 1.44 bits per heavy atom. The number of rotatable bonds is 3. The second-order valence-electron chi connectivity index (χ2n) is 4.91. The molecule has 0 aliphatic heterocycles. The standard InChI is InChI=1S/C13H17BrOS/c1-13(6-3-2-4-7-13)12(15)9-11-10(14)5-8-16-11/h5,8H,2-4,6-7,9H2,1H3. The number of hydrogen-bond acceptors (Lipinski definition) is 2. The van der Waals surface area contributed by atoms with E-state index in [1.807, 2.05) is 11.4 Å². The van der Waals surface area contributed by atoms with E-state index in [0.29, 0.717) is 12.2 Å². The van der Waals surface area contributed by atoms with Gasteiger partial charge in [-0.25, -0.2) is 0 Å². The van der Waals surface area contributed by atoms with E-state index in [2.05, 4.69) is 22.9 Å². The van der Waals surface area contributed by atoms with Crippen molar-refractivity contribution in [2.75, 3.05) is 0 Å². The van der Waals surface area contributed by atoms with Crippen LogP contribution in [0.5, 0.6) is 0 Å². The molecule has 0 radical (unpaired) electrons. The van der Waals surface area contributed by atoms with E-state index in [1.54, 1.807) is 11.3 Å². The van der Waals surface area contributed by atoms with Crippen molar-refractivity contribution in [2.24, 2.45) is 5.41 Å². The average molecular weight is 301 g/mol. The molecule has 88 valence electrons. The van der Waals surface area contributed by atoms with Crippen molar-refractivity contribution in [3.63, 3.8) is 0 Å². The maximum atomic E-state index is 12.3. The highest BCUT2D eigenvalue weighted by molar-refractivity contribution is 9.10. The van der Waals surface area contributed by atoms with Gasteiger partial charge in [-0.2, -0.15) is 0 Å². The van der Waals surface area contributed by atoms with Crippen LogP contribution in [0.2, 0.25) is 0 Å². The summed E-state index contributed by atoms with van der Waals surface area (Å²) in [4.78, 5) is 13.5. The predicted molar refractivity (Wildman–Crippen MR) is 71.9 cm³/mol.